The lowest BCUT2D eigenvalue weighted by Crippen LogP contribution is -2.31. The molecule has 5 N–H and O–H groups in total. The third kappa shape index (κ3) is 6.12. The van der Waals surface area contributed by atoms with Crippen LogP contribution in [0.25, 0.3) is 27.4 Å². The number of primary amides is 1. The lowest BCUT2D eigenvalue weighted by Gasteiger charge is -2.29. The molecule has 1 aromatic heterocycles. The van der Waals surface area contributed by atoms with Gasteiger partial charge in [0, 0.05) is 25.8 Å². The fraction of sp³-hybridized carbons (Fsp3) is 0.344. The van der Waals surface area contributed by atoms with Crippen LogP contribution in [-0.4, -0.2) is 48.9 Å². The first-order valence-corrected chi connectivity index (χ1v) is 14.5. The van der Waals surface area contributed by atoms with Gasteiger partial charge in [-0.05, 0) is 75.0 Å². The van der Waals surface area contributed by atoms with Gasteiger partial charge >= 0.3 is 6.09 Å². The highest BCUT2D eigenvalue weighted by Crippen LogP contribution is 2.48. The van der Waals surface area contributed by atoms with E-state index in [1.807, 2.05) is 45.9 Å². The van der Waals surface area contributed by atoms with Gasteiger partial charge in [0.25, 0.3) is 5.91 Å². The molecule has 2 amide bonds. The number of nitrogens with zero attached hydrogens (tertiary/aromatic N) is 2. The Kier molecular flexibility index (Phi) is 8.81. The monoisotopic (exact) mass is 589 g/mol. The van der Waals surface area contributed by atoms with Crippen LogP contribution in [-0.2, 0) is 4.74 Å². The highest BCUT2D eigenvalue weighted by molar-refractivity contribution is 6.02. The predicted octanol–water partition coefficient (Wildman–Crippen LogP) is 4.95. The van der Waals surface area contributed by atoms with Gasteiger partial charge in [-0.1, -0.05) is 24.3 Å². The van der Waals surface area contributed by atoms with E-state index in [4.69, 9.17) is 10.5 Å². The van der Waals surface area contributed by atoms with E-state index >= 15 is 4.39 Å². The molecule has 4 aromatic rings. The third-order valence-corrected chi connectivity index (χ3v) is 7.40. The number of pyridine rings is 1. The van der Waals surface area contributed by atoms with Gasteiger partial charge in [-0.3, -0.25) is 9.59 Å². The first-order valence-electron chi connectivity index (χ1n) is 14.5. The maximum absolute atomic E-state index is 15.6. The highest BCUT2D eigenvalue weighted by atomic mass is 19.1. The van der Waals surface area contributed by atoms with Crippen LogP contribution in [0.1, 0.15) is 49.9 Å². The van der Waals surface area contributed by atoms with Gasteiger partial charge < -0.3 is 35.7 Å². The van der Waals surface area contributed by atoms with E-state index in [1.54, 1.807) is 20.0 Å². The van der Waals surface area contributed by atoms with Crippen LogP contribution in [0.5, 0.6) is 11.5 Å². The molecular weight excluding hydrogens is 553 g/mol. The summed E-state index contributed by atoms with van der Waals surface area (Å²) >= 11 is 0. The Balaban J connectivity index is 0.000000472. The van der Waals surface area contributed by atoms with E-state index in [1.165, 1.54) is 6.07 Å². The summed E-state index contributed by atoms with van der Waals surface area (Å²) in [7, 11) is 0. The molecular formula is C32H36FN5O5. The average Bonchev–Trinajstić information content (AvgIpc) is 3.49. The smallest absolute Gasteiger partial charge is 0.404 e. The number of carbonyl (C=O) groups excluding carboxylic acids is 2. The van der Waals surface area contributed by atoms with E-state index in [0.29, 0.717) is 47.9 Å². The van der Waals surface area contributed by atoms with Crippen LogP contribution >= 0.6 is 0 Å². The molecule has 0 unspecified atom stereocenters. The summed E-state index contributed by atoms with van der Waals surface area (Å²) in [6.45, 7) is 5.86. The van der Waals surface area contributed by atoms with Crippen LogP contribution in [0.4, 0.5) is 14.9 Å². The lowest BCUT2D eigenvalue weighted by molar-refractivity contribution is 0.0951. The van der Waals surface area contributed by atoms with Crippen molar-refractivity contribution in [1.29, 1.82) is 0 Å². The van der Waals surface area contributed by atoms with Crippen molar-refractivity contribution in [3.63, 3.8) is 0 Å². The number of rotatable bonds is 7. The fourth-order valence-corrected chi connectivity index (χ4v) is 5.49. The minimum absolute atomic E-state index is 0.0319. The maximum atomic E-state index is 15.6. The summed E-state index contributed by atoms with van der Waals surface area (Å²) < 4.78 is 28.2. The van der Waals surface area contributed by atoms with Gasteiger partial charge in [0.05, 0.1) is 17.2 Å². The van der Waals surface area contributed by atoms with Gasteiger partial charge in [-0.2, -0.15) is 0 Å². The number of aromatic nitrogens is 1. The Morgan fingerprint density at radius 3 is 2.42 bits per heavy atom. The van der Waals surface area contributed by atoms with Crippen molar-refractivity contribution in [2.45, 2.75) is 45.6 Å². The number of carbonyl (C=O) groups is 2. The summed E-state index contributed by atoms with van der Waals surface area (Å²) in [6.07, 6.45) is 4.17. The SMILES string of the molecule is CC(C)OC(N)=O.NCCCCNC(=O)c1cn2c3c(c(N4CCCC4)c(F)cc3c1=O)Oc1cc3ccccc3cc1-2. The van der Waals surface area contributed by atoms with Gasteiger partial charge in [-0.15, -0.1) is 0 Å². The first-order chi connectivity index (χ1) is 20.7. The lowest BCUT2D eigenvalue weighted by atomic mass is 10.0. The topological polar surface area (TPSA) is 142 Å². The number of halogens is 1. The summed E-state index contributed by atoms with van der Waals surface area (Å²) in [5, 5.41) is 4.90. The van der Waals surface area contributed by atoms with E-state index < -0.39 is 23.2 Å². The molecule has 1 fully saturated rings. The molecule has 3 aromatic carbocycles. The minimum atomic E-state index is -0.713. The molecule has 43 heavy (non-hydrogen) atoms. The Labute approximate surface area is 248 Å². The van der Waals surface area contributed by atoms with Crippen molar-refractivity contribution in [3.8, 4) is 17.2 Å². The van der Waals surface area contributed by atoms with E-state index in [-0.39, 0.29) is 17.1 Å². The molecule has 11 heteroatoms. The van der Waals surface area contributed by atoms with Crippen LogP contribution in [0.3, 0.4) is 0 Å². The Morgan fingerprint density at radius 1 is 1.09 bits per heavy atom. The van der Waals surface area contributed by atoms with Gasteiger partial charge in [0.1, 0.15) is 16.8 Å². The number of nitrogens with two attached hydrogens (primary N) is 2. The summed E-state index contributed by atoms with van der Waals surface area (Å²) in [4.78, 5) is 38.3. The number of fused-ring (bicyclic) bond motifs is 3. The minimum Gasteiger partial charge on any atom is -0.451 e. The molecule has 226 valence electrons. The second-order valence-electron chi connectivity index (χ2n) is 10.9. The maximum Gasteiger partial charge on any atom is 0.404 e. The van der Waals surface area contributed by atoms with Gasteiger partial charge in [0.2, 0.25) is 5.43 Å². The molecule has 0 radical (unpaired) electrons. The highest BCUT2D eigenvalue weighted by Gasteiger charge is 2.31. The molecule has 0 aliphatic carbocycles. The molecule has 0 spiro atoms. The second-order valence-corrected chi connectivity index (χ2v) is 10.9. The van der Waals surface area contributed by atoms with Crippen LogP contribution < -0.4 is 31.8 Å². The number of hydrogen-bond donors (Lipinski definition) is 3. The van der Waals surface area contributed by atoms with Crippen molar-refractivity contribution >= 4 is 39.4 Å². The normalized spacial score (nSPS) is 13.4. The Hall–Kier alpha value is -4.64. The second kappa shape index (κ2) is 12.7. The number of ether oxygens (including phenoxy) is 2. The van der Waals surface area contributed by atoms with Gasteiger partial charge in [0.15, 0.2) is 17.3 Å². The van der Waals surface area contributed by atoms with Crippen molar-refractivity contribution in [1.82, 2.24) is 9.88 Å². The molecule has 1 saturated heterocycles. The molecule has 0 atom stereocenters. The largest absolute Gasteiger partial charge is 0.451 e. The van der Waals surface area contributed by atoms with E-state index in [9.17, 15) is 14.4 Å². The summed E-state index contributed by atoms with van der Waals surface area (Å²) in [5.41, 5.74) is 11.2. The van der Waals surface area contributed by atoms with Crippen LogP contribution in [0, 0.1) is 5.82 Å². The van der Waals surface area contributed by atoms with Gasteiger partial charge in [-0.25, -0.2) is 9.18 Å². The van der Waals surface area contributed by atoms with Crippen molar-refractivity contribution < 1.29 is 23.5 Å². The Bertz CT molecular complexity index is 1750. The number of anilines is 1. The fourth-order valence-electron chi connectivity index (χ4n) is 5.49. The van der Waals surface area contributed by atoms with Crippen LogP contribution in [0.2, 0.25) is 0 Å². The number of unbranched alkanes of at least 4 members (excludes halogenated alkanes) is 1. The molecule has 2 aliphatic heterocycles. The van der Waals surface area contributed by atoms with Crippen molar-refractivity contribution in [2.75, 3.05) is 31.1 Å². The third-order valence-electron chi connectivity index (χ3n) is 7.40. The first kappa shape index (κ1) is 29.8. The summed E-state index contributed by atoms with van der Waals surface area (Å²) in [6, 6.07) is 13.0. The molecule has 3 heterocycles. The van der Waals surface area contributed by atoms with Crippen molar-refractivity contribution in [3.05, 3.63) is 70.3 Å². The van der Waals surface area contributed by atoms with E-state index in [2.05, 4.69) is 15.8 Å². The quantitative estimate of drug-likeness (QED) is 0.228. The predicted molar refractivity (Wildman–Crippen MR) is 165 cm³/mol. The zero-order valence-corrected chi connectivity index (χ0v) is 24.3. The number of nitrogens with one attached hydrogen (secondary N) is 1. The zero-order valence-electron chi connectivity index (χ0n) is 24.3. The molecule has 6 rings (SSSR count). The molecule has 10 nitrogen and oxygen atoms in total. The van der Waals surface area contributed by atoms with E-state index in [0.717, 1.165) is 43.1 Å². The number of benzene rings is 3. The zero-order chi connectivity index (χ0) is 30.7. The molecule has 0 saturated carbocycles. The Morgan fingerprint density at radius 2 is 1.79 bits per heavy atom. The van der Waals surface area contributed by atoms with Crippen LogP contribution in [0.15, 0.2) is 53.5 Å². The number of hydrogen-bond acceptors (Lipinski definition) is 7. The average molecular weight is 590 g/mol. The number of amides is 2. The standard InChI is InChI=1S/C28H27FN4O3.C4H9NO2/c29-21-15-19-24-27(25(21)32-11-5-6-12-32)36-23-14-18-8-2-1-7-17(18)13-22(23)33(24)16-20(26(19)34)28(35)31-10-4-3-9-30;1-3(2)7-4(5)6/h1-2,7-8,13-16H,3-6,9-12,30H2,(H,31,35);3H,1-2H3,(H2,5,6). The molecule has 2 aliphatic rings. The van der Waals surface area contributed by atoms with Crippen molar-refractivity contribution in [2.24, 2.45) is 11.5 Å². The molecule has 0 bridgehead atoms. The summed E-state index contributed by atoms with van der Waals surface area (Å²) in [5.74, 6) is -0.136.